The maximum Gasteiger partial charge on any atom is 0.227 e. The van der Waals surface area contributed by atoms with Crippen LogP contribution >= 0.6 is 0 Å². The third kappa shape index (κ3) is 5.20. The van der Waals surface area contributed by atoms with Crippen LogP contribution in [0.1, 0.15) is 18.4 Å². The molecule has 0 bridgehead atoms. The van der Waals surface area contributed by atoms with Gasteiger partial charge in [0.05, 0.1) is 13.2 Å². The maximum atomic E-state index is 12.8. The predicted molar refractivity (Wildman–Crippen MR) is 135 cm³/mol. The number of aryl methyl sites for hydroxylation is 1. The van der Waals surface area contributed by atoms with Gasteiger partial charge in [-0.25, -0.2) is 9.97 Å². The van der Waals surface area contributed by atoms with Crippen molar-refractivity contribution in [3.8, 4) is 11.1 Å². The van der Waals surface area contributed by atoms with E-state index in [0.29, 0.717) is 0 Å². The smallest absolute Gasteiger partial charge is 0.227 e. The number of amides is 1. The van der Waals surface area contributed by atoms with Crippen molar-refractivity contribution in [2.45, 2.75) is 19.8 Å². The van der Waals surface area contributed by atoms with Crippen molar-refractivity contribution < 1.29 is 9.53 Å². The molecule has 2 aliphatic rings. The highest BCUT2D eigenvalue weighted by Gasteiger charge is 2.26. The van der Waals surface area contributed by atoms with Crippen LogP contribution < -0.4 is 15.1 Å². The molecule has 0 aliphatic carbocycles. The molecule has 3 heterocycles. The first-order valence-corrected chi connectivity index (χ1v) is 12.0. The second kappa shape index (κ2) is 10.2. The Morgan fingerprint density at radius 3 is 2.29 bits per heavy atom. The Hall–Kier alpha value is -3.45. The minimum absolute atomic E-state index is 0.00161. The molecule has 2 saturated heterocycles. The highest BCUT2D eigenvalue weighted by Crippen LogP contribution is 2.25. The second-order valence-corrected chi connectivity index (χ2v) is 9.04. The van der Waals surface area contributed by atoms with Crippen molar-refractivity contribution in [2.24, 2.45) is 5.92 Å². The van der Waals surface area contributed by atoms with E-state index in [9.17, 15) is 4.79 Å². The summed E-state index contributed by atoms with van der Waals surface area (Å²) in [4.78, 5) is 26.5. The Balaban J connectivity index is 1.13. The van der Waals surface area contributed by atoms with Gasteiger partial charge in [-0.3, -0.25) is 4.79 Å². The van der Waals surface area contributed by atoms with Crippen molar-refractivity contribution in [3.63, 3.8) is 0 Å². The number of carbonyl (C=O) groups is 1. The summed E-state index contributed by atoms with van der Waals surface area (Å²) in [6, 6.07) is 16.5. The number of nitrogens with zero attached hydrogens (tertiary/aromatic N) is 4. The van der Waals surface area contributed by atoms with Crippen molar-refractivity contribution in [1.82, 2.24) is 9.97 Å². The van der Waals surface area contributed by atoms with E-state index in [2.05, 4.69) is 62.3 Å². The van der Waals surface area contributed by atoms with Gasteiger partial charge in [0.2, 0.25) is 11.9 Å². The lowest BCUT2D eigenvalue weighted by molar-refractivity contribution is -0.120. The molecule has 0 spiro atoms. The van der Waals surface area contributed by atoms with Gasteiger partial charge in [-0.15, -0.1) is 0 Å². The third-order valence-electron chi connectivity index (χ3n) is 6.65. The Labute approximate surface area is 200 Å². The number of rotatable bonds is 5. The SMILES string of the molecule is Cc1cccc(-c2cnc(N3CCC(C(=O)Nc4ccc(N5CCOCC5)cc4)CC3)nc2)c1. The average molecular weight is 458 g/mol. The molecule has 1 N–H and O–H groups in total. The standard InChI is InChI=1S/C27H31N5O2/c1-20-3-2-4-22(17-20)23-18-28-27(29-19-23)32-11-9-21(10-12-32)26(33)30-24-5-7-25(8-6-24)31-13-15-34-16-14-31/h2-8,17-19,21H,9-16H2,1H3,(H,30,33). The van der Waals surface area contributed by atoms with Gasteiger partial charge in [0, 0.05) is 61.4 Å². The lowest BCUT2D eigenvalue weighted by Gasteiger charge is -2.31. The van der Waals surface area contributed by atoms with E-state index in [1.165, 1.54) is 11.3 Å². The van der Waals surface area contributed by atoms with Crippen LogP contribution in [0, 0.1) is 12.8 Å². The average Bonchev–Trinajstić information content (AvgIpc) is 2.90. The van der Waals surface area contributed by atoms with Gasteiger partial charge < -0.3 is 19.9 Å². The molecule has 0 radical (unpaired) electrons. The molecule has 34 heavy (non-hydrogen) atoms. The van der Waals surface area contributed by atoms with Gasteiger partial charge in [-0.2, -0.15) is 0 Å². The number of aromatic nitrogens is 2. The largest absolute Gasteiger partial charge is 0.378 e. The number of morpholine rings is 1. The van der Waals surface area contributed by atoms with Gasteiger partial charge in [0.15, 0.2) is 0 Å². The van der Waals surface area contributed by atoms with E-state index in [-0.39, 0.29) is 11.8 Å². The lowest BCUT2D eigenvalue weighted by atomic mass is 9.96. The van der Waals surface area contributed by atoms with Crippen molar-refractivity contribution in [2.75, 3.05) is 54.5 Å². The summed E-state index contributed by atoms with van der Waals surface area (Å²) in [5.74, 6) is 0.824. The summed E-state index contributed by atoms with van der Waals surface area (Å²) >= 11 is 0. The van der Waals surface area contributed by atoms with Crippen LogP contribution in [0.25, 0.3) is 11.1 Å². The summed E-state index contributed by atoms with van der Waals surface area (Å²) < 4.78 is 5.42. The van der Waals surface area contributed by atoms with Gasteiger partial charge in [0.1, 0.15) is 0 Å². The zero-order valence-electron chi connectivity index (χ0n) is 19.6. The van der Waals surface area contributed by atoms with Crippen molar-refractivity contribution in [1.29, 1.82) is 0 Å². The van der Waals surface area contributed by atoms with Gasteiger partial charge in [0.25, 0.3) is 0 Å². The van der Waals surface area contributed by atoms with Gasteiger partial charge in [-0.05, 0) is 49.6 Å². The molecule has 3 aromatic rings. The summed E-state index contributed by atoms with van der Waals surface area (Å²) in [6.07, 6.45) is 5.36. The Bertz CT molecular complexity index is 1100. The van der Waals surface area contributed by atoms with Crippen LogP contribution in [-0.4, -0.2) is 55.3 Å². The quantitative estimate of drug-likeness (QED) is 0.621. The third-order valence-corrected chi connectivity index (χ3v) is 6.65. The number of anilines is 3. The minimum atomic E-state index is 0.00161. The fourth-order valence-corrected chi connectivity index (χ4v) is 4.62. The topological polar surface area (TPSA) is 70.6 Å². The van der Waals surface area contributed by atoms with Crippen LogP contribution in [0.15, 0.2) is 60.9 Å². The molecule has 1 aromatic heterocycles. The maximum absolute atomic E-state index is 12.8. The van der Waals surface area contributed by atoms with E-state index < -0.39 is 0 Å². The molecule has 0 atom stereocenters. The fraction of sp³-hybridized carbons (Fsp3) is 0.370. The van der Waals surface area contributed by atoms with Crippen LogP contribution in [0.2, 0.25) is 0 Å². The minimum Gasteiger partial charge on any atom is -0.378 e. The summed E-state index contributed by atoms with van der Waals surface area (Å²) in [7, 11) is 0. The molecular formula is C27H31N5O2. The first-order valence-electron chi connectivity index (χ1n) is 12.0. The Kier molecular flexibility index (Phi) is 6.72. The molecule has 0 saturated carbocycles. The van der Waals surface area contributed by atoms with Crippen LogP contribution in [-0.2, 0) is 9.53 Å². The molecule has 176 valence electrons. The highest BCUT2D eigenvalue weighted by atomic mass is 16.5. The number of nitrogens with one attached hydrogen (secondary N) is 1. The number of carbonyl (C=O) groups excluding carboxylic acids is 1. The van der Waals surface area contributed by atoms with E-state index in [0.717, 1.165) is 75.0 Å². The number of ether oxygens (including phenoxy) is 1. The first-order chi connectivity index (χ1) is 16.7. The highest BCUT2D eigenvalue weighted by molar-refractivity contribution is 5.92. The predicted octanol–water partition coefficient (Wildman–Crippen LogP) is 4.14. The van der Waals surface area contributed by atoms with Crippen LogP contribution in [0.3, 0.4) is 0 Å². The van der Waals surface area contributed by atoms with E-state index in [4.69, 9.17) is 4.74 Å². The molecule has 2 fully saturated rings. The van der Waals surface area contributed by atoms with E-state index >= 15 is 0 Å². The molecule has 2 aromatic carbocycles. The number of hydrogen-bond acceptors (Lipinski definition) is 6. The second-order valence-electron chi connectivity index (χ2n) is 9.04. The zero-order chi connectivity index (χ0) is 23.3. The first kappa shape index (κ1) is 22.3. The zero-order valence-corrected chi connectivity index (χ0v) is 19.6. The molecule has 7 heteroatoms. The van der Waals surface area contributed by atoms with Crippen molar-refractivity contribution >= 4 is 23.2 Å². The van der Waals surface area contributed by atoms with Gasteiger partial charge in [-0.1, -0.05) is 29.8 Å². The van der Waals surface area contributed by atoms with E-state index in [1.807, 2.05) is 30.6 Å². The molecule has 0 unspecified atom stereocenters. The van der Waals surface area contributed by atoms with Crippen LogP contribution in [0.5, 0.6) is 0 Å². The van der Waals surface area contributed by atoms with Gasteiger partial charge >= 0.3 is 0 Å². The Morgan fingerprint density at radius 1 is 0.912 bits per heavy atom. The van der Waals surface area contributed by atoms with Crippen LogP contribution in [0.4, 0.5) is 17.3 Å². The molecule has 2 aliphatic heterocycles. The number of piperidine rings is 1. The molecule has 7 nitrogen and oxygen atoms in total. The van der Waals surface area contributed by atoms with Crippen molar-refractivity contribution in [3.05, 3.63) is 66.5 Å². The summed E-state index contributed by atoms with van der Waals surface area (Å²) in [6.45, 7) is 6.97. The summed E-state index contributed by atoms with van der Waals surface area (Å²) in [5.41, 5.74) is 5.37. The molecule has 5 rings (SSSR count). The molecule has 1 amide bonds. The summed E-state index contributed by atoms with van der Waals surface area (Å²) in [5, 5.41) is 3.09. The monoisotopic (exact) mass is 457 g/mol. The van der Waals surface area contributed by atoms with E-state index in [1.54, 1.807) is 0 Å². The Morgan fingerprint density at radius 2 is 1.62 bits per heavy atom. The normalized spacial score (nSPS) is 17.0. The number of hydrogen-bond donors (Lipinski definition) is 1. The molecular weight excluding hydrogens is 426 g/mol. The number of benzene rings is 2. The lowest BCUT2D eigenvalue weighted by Crippen LogP contribution is -2.39. The fourth-order valence-electron chi connectivity index (χ4n) is 4.62.